The quantitative estimate of drug-likeness (QED) is 0.295. The summed E-state index contributed by atoms with van der Waals surface area (Å²) in [5.74, 6) is -2.82. The number of aliphatic carboxylic acids is 1. The number of nitrogens with two attached hydrogens (primary N) is 1. The lowest BCUT2D eigenvalue weighted by atomic mass is 10.0. The van der Waals surface area contributed by atoms with Gasteiger partial charge in [0.1, 0.15) is 22.8 Å². The van der Waals surface area contributed by atoms with Crippen LogP contribution in [0, 0.1) is 0 Å². The largest absolute Gasteiger partial charge is 0.543 e. The summed E-state index contributed by atoms with van der Waals surface area (Å²) in [5, 5.41) is 23.2. The Bertz CT molecular complexity index is 1110. The number of hydrogen-bond donors (Lipinski definition) is 3. The molecular formula is C19H19Cl2N5O6S. The van der Waals surface area contributed by atoms with Gasteiger partial charge < -0.3 is 26.1 Å². The summed E-state index contributed by atoms with van der Waals surface area (Å²) in [4.78, 5) is 52.5. The maximum Gasteiger partial charge on any atom is 0.274 e. The number of amides is 2. The van der Waals surface area contributed by atoms with Crippen molar-refractivity contribution in [2.75, 3.05) is 11.1 Å². The Morgan fingerprint density at radius 1 is 1.36 bits per heavy atom. The van der Waals surface area contributed by atoms with E-state index in [-0.39, 0.29) is 42.8 Å². The second kappa shape index (κ2) is 10.4. The molecule has 1 saturated heterocycles. The van der Waals surface area contributed by atoms with Gasteiger partial charge in [0.2, 0.25) is 5.91 Å². The van der Waals surface area contributed by atoms with Gasteiger partial charge in [0.25, 0.3) is 5.91 Å². The molecule has 2 amide bonds. The minimum absolute atomic E-state index is 0. The van der Waals surface area contributed by atoms with Crippen LogP contribution in [0.25, 0.3) is 0 Å². The Kier molecular flexibility index (Phi) is 8.38. The molecule has 1 fully saturated rings. The van der Waals surface area contributed by atoms with E-state index in [1.807, 2.05) is 0 Å². The summed E-state index contributed by atoms with van der Waals surface area (Å²) in [6.45, 7) is 0.150. The summed E-state index contributed by atoms with van der Waals surface area (Å²) >= 11 is 1.38. The van der Waals surface area contributed by atoms with Gasteiger partial charge >= 0.3 is 0 Å². The highest BCUT2D eigenvalue weighted by Crippen LogP contribution is 2.39. The standard InChI is InChI=1S/C19H17N5O6S.2ClH/c20-14-17(28)24-15(19(29)30)9(8-31-18(14)24)6-23-3-1-2-10(7-23)22-16(27)11-4-12(25)13(26)5-21-11;;/h1-5,7,13-14,18,26H,6,8,20H2,(H-,22,27,29,30);2*1H/t13?,14-,18+;;/m1../s1. The molecule has 33 heavy (non-hydrogen) atoms. The van der Waals surface area contributed by atoms with Crippen molar-refractivity contribution in [3.63, 3.8) is 0 Å². The van der Waals surface area contributed by atoms with E-state index < -0.39 is 41.1 Å². The van der Waals surface area contributed by atoms with Crippen molar-refractivity contribution in [3.05, 3.63) is 47.6 Å². The second-order valence-corrected chi connectivity index (χ2v) is 8.15. The first kappa shape index (κ1) is 26.5. The zero-order valence-electron chi connectivity index (χ0n) is 16.7. The lowest BCUT2D eigenvalue weighted by Crippen LogP contribution is -2.69. The number of carbonyl (C=O) groups is 4. The number of carboxylic acids is 1. The molecule has 14 heteroatoms. The number of aliphatic hydroxyl groups excluding tert-OH is 1. The highest BCUT2D eigenvalue weighted by Gasteiger charge is 2.50. The molecule has 0 radical (unpaired) electrons. The zero-order chi connectivity index (χ0) is 22.3. The molecule has 3 aliphatic heterocycles. The van der Waals surface area contributed by atoms with E-state index in [1.165, 1.54) is 11.8 Å². The summed E-state index contributed by atoms with van der Waals surface area (Å²) < 4.78 is 1.65. The Morgan fingerprint density at radius 3 is 2.76 bits per heavy atom. The number of nitrogens with one attached hydrogen (secondary N) is 1. The van der Waals surface area contributed by atoms with Crippen LogP contribution in [0.1, 0.15) is 0 Å². The number of β-lactam (4-membered cyclic amide) rings is 1. The number of hydrogen-bond acceptors (Lipinski definition) is 9. The molecule has 176 valence electrons. The van der Waals surface area contributed by atoms with Gasteiger partial charge in [-0.2, -0.15) is 4.57 Å². The fourth-order valence-electron chi connectivity index (χ4n) is 3.41. The van der Waals surface area contributed by atoms with Gasteiger partial charge in [-0.25, -0.2) is 0 Å². The smallest absolute Gasteiger partial charge is 0.274 e. The molecule has 0 aliphatic carbocycles. The van der Waals surface area contributed by atoms with Crippen molar-refractivity contribution < 1.29 is 34.0 Å². The maximum absolute atomic E-state index is 12.3. The number of carbonyl (C=O) groups excluding carboxylic acids is 4. The molecule has 1 aromatic rings. The van der Waals surface area contributed by atoms with Crippen LogP contribution >= 0.6 is 36.6 Å². The van der Waals surface area contributed by atoms with Crippen LogP contribution in [-0.4, -0.2) is 63.1 Å². The average Bonchev–Trinajstić information content (AvgIpc) is 2.74. The number of thioether (sulfide) groups is 1. The lowest BCUT2D eigenvalue weighted by Gasteiger charge is -2.49. The molecule has 0 bridgehead atoms. The third kappa shape index (κ3) is 5.09. The first-order valence-corrected chi connectivity index (χ1v) is 10.2. The number of nitrogens with zero attached hydrogens (tertiary/aromatic N) is 3. The first-order valence-electron chi connectivity index (χ1n) is 9.18. The molecule has 11 nitrogen and oxygen atoms in total. The van der Waals surface area contributed by atoms with E-state index in [9.17, 15) is 29.4 Å². The van der Waals surface area contributed by atoms with E-state index in [2.05, 4.69) is 10.3 Å². The number of aromatic nitrogens is 1. The molecule has 1 aromatic heterocycles. The number of pyridine rings is 1. The van der Waals surface area contributed by atoms with Crippen LogP contribution in [0.4, 0.5) is 5.69 Å². The van der Waals surface area contributed by atoms with Crippen molar-refractivity contribution in [2.24, 2.45) is 10.7 Å². The van der Waals surface area contributed by atoms with E-state index in [1.54, 1.807) is 29.1 Å². The van der Waals surface area contributed by atoms with Crippen LogP contribution < -0.4 is 20.7 Å². The Morgan fingerprint density at radius 2 is 2.09 bits per heavy atom. The van der Waals surface area contributed by atoms with Crippen LogP contribution in [0.15, 0.2) is 52.6 Å². The van der Waals surface area contributed by atoms with Crippen molar-refractivity contribution in [1.29, 1.82) is 0 Å². The molecule has 4 N–H and O–H groups in total. The van der Waals surface area contributed by atoms with Gasteiger partial charge in [-0.1, -0.05) is 0 Å². The fourth-order valence-corrected chi connectivity index (χ4v) is 4.69. The van der Waals surface area contributed by atoms with Crippen LogP contribution in [0.2, 0.25) is 0 Å². The summed E-state index contributed by atoms with van der Waals surface area (Å²) in [7, 11) is 0. The van der Waals surface area contributed by atoms with Crippen molar-refractivity contribution in [3.8, 4) is 0 Å². The van der Waals surface area contributed by atoms with Crippen molar-refractivity contribution in [1.82, 2.24) is 4.90 Å². The molecule has 0 spiro atoms. The Labute approximate surface area is 204 Å². The predicted octanol–water partition coefficient (Wildman–Crippen LogP) is -2.10. The van der Waals surface area contributed by atoms with E-state index in [0.717, 1.165) is 17.2 Å². The molecule has 1 unspecified atom stereocenters. The van der Waals surface area contributed by atoms with Gasteiger partial charge in [0, 0.05) is 29.7 Å². The summed E-state index contributed by atoms with van der Waals surface area (Å²) in [5.41, 5.74) is 6.28. The van der Waals surface area contributed by atoms with Crippen molar-refractivity contribution >= 4 is 72.0 Å². The highest BCUT2D eigenvalue weighted by atomic mass is 35.5. The minimum atomic E-state index is -1.44. The van der Waals surface area contributed by atoms with Gasteiger partial charge in [-0.15, -0.1) is 36.6 Å². The molecule has 4 rings (SSSR count). The number of fused-ring (bicyclic) bond motifs is 1. The fraction of sp³-hybridized carbons (Fsp3) is 0.263. The number of rotatable bonds is 5. The van der Waals surface area contributed by atoms with Gasteiger partial charge in [-0.3, -0.25) is 24.3 Å². The number of anilines is 1. The van der Waals surface area contributed by atoms with E-state index >= 15 is 0 Å². The maximum atomic E-state index is 12.3. The van der Waals surface area contributed by atoms with Crippen LogP contribution in [0.3, 0.4) is 0 Å². The normalized spacial score (nSPS) is 23.5. The third-order valence-corrected chi connectivity index (χ3v) is 6.29. The average molecular weight is 516 g/mol. The summed E-state index contributed by atoms with van der Waals surface area (Å²) in [6.07, 6.45) is 3.82. The Balaban J connectivity index is 0.00000193. The molecule has 0 saturated carbocycles. The highest BCUT2D eigenvalue weighted by molar-refractivity contribution is 8.00. The van der Waals surface area contributed by atoms with Crippen LogP contribution in [-0.2, 0) is 25.7 Å². The second-order valence-electron chi connectivity index (χ2n) is 7.05. The minimum Gasteiger partial charge on any atom is -0.543 e. The molecule has 3 aliphatic rings. The number of carboxylic acid groups (broad SMARTS) is 1. The van der Waals surface area contributed by atoms with Gasteiger partial charge in [-0.05, 0) is 6.07 Å². The monoisotopic (exact) mass is 515 g/mol. The molecule has 3 atom stereocenters. The lowest BCUT2D eigenvalue weighted by molar-refractivity contribution is -0.688. The van der Waals surface area contributed by atoms with Gasteiger partial charge in [0.05, 0.1) is 11.7 Å². The third-order valence-electron chi connectivity index (χ3n) is 4.93. The molecule has 4 heterocycles. The van der Waals surface area contributed by atoms with Gasteiger partial charge in [0.15, 0.2) is 30.8 Å². The summed E-state index contributed by atoms with van der Waals surface area (Å²) in [6, 6.07) is 2.53. The predicted molar refractivity (Wildman–Crippen MR) is 120 cm³/mol. The first-order chi connectivity index (χ1) is 14.8. The number of halogens is 2. The van der Waals surface area contributed by atoms with E-state index in [4.69, 9.17) is 5.73 Å². The Hall–Kier alpha value is -2.77. The molecular weight excluding hydrogens is 497 g/mol. The topological polar surface area (TPSA) is 169 Å². The van der Waals surface area contributed by atoms with Crippen molar-refractivity contribution in [2.45, 2.75) is 24.1 Å². The number of aliphatic imine (C=N–C) groups is 1. The zero-order valence-corrected chi connectivity index (χ0v) is 19.2. The van der Waals surface area contributed by atoms with Crippen LogP contribution in [0.5, 0.6) is 0 Å². The van der Waals surface area contributed by atoms with E-state index in [0.29, 0.717) is 17.0 Å². The molecule has 0 aromatic carbocycles. The number of ketones is 1. The SMILES string of the molecule is Cl.Cl.N[C@@H]1C(=O)N2C(C(=O)[O-])=C(C[n+]3cccc(NC(=O)C4=CC(=O)C(O)C=N4)c3)CS[C@@H]12. The number of aliphatic hydroxyl groups is 1.